The Morgan fingerprint density at radius 1 is 1.23 bits per heavy atom. The molecule has 0 amide bonds. The van der Waals surface area contributed by atoms with E-state index in [9.17, 15) is 0 Å². The summed E-state index contributed by atoms with van der Waals surface area (Å²) in [5, 5.41) is 8.05. The van der Waals surface area contributed by atoms with E-state index in [-0.39, 0.29) is 24.8 Å². The van der Waals surface area contributed by atoms with Crippen molar-refractivity contribution in [3.8, 4) is 0 Å². The van der Waals surface area contributed by atoms with E-state index in [1.165, 1.54) is 44.2 Å². The smallest absolute Gasteiger partial charge is 0.0534 e. The second-order valence-corrected chi connectivity index (χ2v) is 5.82. The van der Waals surface area contributed by atoms with Crippen molar-refractivity contribution >= 4 is 24.8 Å². The van der Waals surface area contributed by atoms with Gasteiger partial charge in [0, 0.05) is 18.3 Å². The number of nitrogens with one attached hydrogen (secondary N) is 1. The van der Waals surface area contributed by atoms with Crippen molar-refractivity contribution in [1.82, 2.24) is 20.0 Å². The van der Waals surface area contributed by atoms with Gasteiger partial charge in [-0.25, -0.2) is 0 Å². The van der Waals surface area contributed by atoms with E-state index >= 15 is 0 Å². The van der Waals surface area contributed by atoms with Crippen molar-refractivity contribution in [3.05, 3.63) is 18.0 Å². The molecule has 1 aliphatic rings. The Morgan fingerprint density at radius 2 is 1.91 bits per heavy atom. The van der Waals surface area contributed by atoms with Crippen LogP contribution >= 0.6 is 24.8 Å². The van der Waals surface area contributed by atoms with E-state index < -0.39 is 0 Å². The van der Waals surface area contributed by atoms with Gasteiger partial charge in [-0.15, -0.1) is 24.8 Å². The zero-order valence-corrected chi connectivity index (χ0v) is 15.6. The first-order valence-corrected chi connectivity index (χ1v) is 8.29. The van der Waals surface area contributed by atoms with Gasteiger partial charge in [0.2, 0.25) is 0 Å². The van der Waals surface area contributed by atoms with Crippen LogP contribution in [0.3, 0.4) is 0 Å². The van der Waals surface area contributed by atoms with Gasteiger partial charge < -0.3 is 10.2 Å². The molecule has 2 rings (SSSR count). The number of hydrogen-bond donors (Lipinski definition) is 1. The number of hydrogen-bond acceptors (Lipinski definition) is 3. The largest absolute Gasteiger partial charge is 0.313 e. The Kier molecular flexibility index (Phi) is 12.0. The van der Waals surface area contributed by atoms with Gasteiger partial charge in [-0.2, -0.15) is 5.10 Å². The molecule has 22 heavy (non-hydrogen) atoms. The highest BCUT2D eigenvalue weighted by Gasteiger charge is 2.17. The molecule has 4 nitrogen and oxygen atoms in total. The maximum Gasteiger partial charge on any atom is 0.0534 e. The van der Waals surface area contributed by atoms with Crippen LogP contribution in [0.2, 0.25) is 0 Å². The maximum atomic E-state index is 4.52. The third-order valence-electron chi connectivity index (χ3n) is 4.41. The minimum Gasteiger partial charge on any atom is -0.313 e. The SMILES string of the molecule is CCN(CC)CCCNCc1cnn(C2CCCC2)c1.Cl.Cl. The summed E-state index contributed by atoms with van der Waals surface area (Å²) in [7, 11) is 0. The van der Waals surface area contributed by atoms with Crippen LogP contribution in [-0.2, 0) is 6.54 Å². The predicted molar refractivity (Wildman–Crippen MR) is 98.3 cm³/mol. The standard InChI is InChI=1S/C16H30N4.2ClH/c1-3-19(4-2)11-7-10-17-12-15-13-18-20(14-15)16-8-5-6-9-16;;/h13-14,16-17H,3-12H2,1-2H3;2*1H. The second kappa shape index (κ2) is 12.2. The first-order chi connectivity index (χ1) is 9.83. The van der Waals surface area contributed by atoms with Gasteiger partial charge in [0.15, 0.2) is 0 Å². The van der Waals surface area contributed by atoms with Crippen molar-refractivity contribution in [3.63, 3.8) is 0 Å². The predicted octanol–water partition coefficient (Wildman–Crippen LogP) is 3.66. The topological polar surface area (TPSA) is 33.1 Å². The number of aromatic nitrogens is 2. The summed E-state index contributed by atoms with van der Waals surface area (Å²) in [4.78, 5) is 2.47. The van der Waals surface area contributed by atoms with Crippen LogP contribution in [0.4, 0.5) is 0 Å². The van der Waals surface area contributed by atoms with Crippen molar-refractivity contribution in [2.45, 2.75) is 58.5 Å². The van der Waals surface area contributed by atoms with E-state index in [4.69, 9.17) is 0 Å². The molecule has 1 aliphatic carbocycles. The molecular weight excluding hydrogens is 319 g/mol. The Balaban J connectivity index is 0.00000220. The molecule has 0 radical (unpaired) electrons. The molecule has 0 bridgehead atoms. The molecule has 1 aromatic heterocycles. The quantitative estimate of drug-likeness (QED) is 0.689. The average Bonchev–Trinajstić information content (AvgIpc) is 3.13. The molecule has 0 atom stereocenters. The molecule has 0 saturated heterocycles. The fourth-order valence-corrected chi connectivity index (χ4v) is 3.04. The summed E-state index contributed by atoms with van der Waals surface area (Å²) in [6, 6.07) is 0.659. The minimum absolute atomic E-state index is 0. The van der Waals surface area contributed by atoms with Crippen LogP contribution in [0.15, 0.2) is 12.4 Å². The van der Waals surface area contributed by atoms with Crippen LogP contribution < -0.4 is 5.32 Å². The molecule has 1 fully saturated rings. The molecule has 0 aliphatic heterocycles. The van der Waals surface area contributed by atoms with Crippen LogP contribution in [0, 0.1) is 0 Å². The van der Waals surface area contributed by atoms with Gasteiger partial charge in [0.1, 0.15) is 0 Å². The third kappa shape index (κ3) is 6.86. The lowest BCUT2D eigenvalue weighted by atomic mass is 10.2. The highest BCUT2D eigenvalue weighted by Crippen LogP contribution is 2.28. The van der Waals surface area contributed by atoms with Crippen LogP contribution in [-0.4, -0.2) is 40.9 Å². The number of rotatable bonds is 9. The fraction of sp³-hybridized carbons (Fsp3) is 0.812. The monoisotopic (exact) mass is 350 g/mol. The van der Waals surface area contributed by atoms with Crippen molar-refractivity contribution in [2.75, 3.05) is 26.2 Å². The maximum absolute atomic E-state index is 4.52. The second-order valence-electron chi connectivity index (χ2n) is 5.82. The lowest BCUT2D eigenvalue weighted by Gasteiger charge is -2.17. The highest BCUT2D eigenvalue weighted by molar-refractivity contribution is 5.85. The zero-order valence-electron chi connectivity index (χ0n) is 14.0. The summed E-state index contributed by atoms with van der Waals surface area (Å²) < 4.78 is 2.18. The Labute approximate surface area is 147 Å². The normalized spacial score (nSPS) is 14.9. The van der Waals surface area contributed by atoms with Crippen molar-refractivity contribution < 1.29 is 0 Å². The molecule has 1 saturated carbocycles. The van der Waals surface area contributed by atoms with E-state index in [0.717, 1.165) is 26.2 Å². The molecule has 1 aromatic rings. The van der Waals surface area contributed by atoms with Crippen LogP contribution in [0.1, 0.15) is 57.6 Å². The van der Waals surface area contributed by atoms with Gasteiger partial charge in [-0.1, -0.05) is 26.7 Å². The average molecular weight is 351 g/mol. The van der Waals surface area contributed by atoms with Gasteiger partial charge in [0.05, 0.1) is 12.2 Å². The molecular formula is C16H32Cl2N4. The number of nitrogens with zero attached hydrogens (tertiary/aromatic N) is 3. The number of halogens is 2. The molecule has 0 aromatic carbocycles. The summed E-state index contributed by atoms with van der Waals surface area (Å²) >= 11 is 0. The molecule has 1 heterocycles. The molecule has 130 valence electrons. The highest BCUT2D eigenvalue weighted by atomic mass is 35.5. The summed E-state index contributed by atoms with van der Waals surface area (Å²) in [5.74, 6) is 0. The zero-order chi connectivity index (χ0) is 14.2. The van der Waals surface area contributed by atoms with Gasteiger partial charge in [-0.3, -0.25) is 4.68 Å². The van der Waals surface area contributed by atoms with Gasteiger partial charge >= 0.3 is 0 Å². The van der Waals surface area contributed by atoms with Crippen LogP contribution in [0.5, 0.6) is 0 Å². The lowest BCUT2D eigenvalue weighted by molar-refractivity contribution is 0.298. The fourth-order valence-electron chi connectivity index (χ4n) is 3.04. The Hall–Kier alpha value is -0.290. The van der Waals surface area contributed by atoms with Crippen LogP contribution in [0.25, 0.3) is 0 Å². The molecule has 0 spiro atoms. The van der Waals surface area contributed by atoms with E-state index in [1.807, 2.05) is 6.20 Å². The van der Waals surface area contributed by atoms with Gasteiger partial charge in [-0.05, 0) is 45.4 Å². The van der Waals surface area contributed by atoms with Gasteiger partial charge in [0.25, 0.3) is 0 Å². The summed E-state index contributed by atoms with van der Waals surface area (Å²) in [6.07, 6.45) is 10.8. The summed E-state index contributed by atoms with van der Waals surface area (Å²) in [5.41, 5.74) is 1.32. The molecule has 0 unspecified atom stereocenters. The molecule has 6 heteroatoms. The Morgan fingerprint density at radius 3 is 2.55 bits per heavy atom. The van der Waals surface area contributed by atoms with E-state index in [0.29, 0.717) is 6.04 Å². The third-order valence-corrected chi connectivity index (χ3v) is 4.41. The Bertz CT molecular complexity index is 374. The van der Waals surface area contributed by atoms with Crippen molar-refractivity contribution in [2.24, 2.45) is 0 Å². The first-order valence-electron chi connectivity index (χ1n) is 8.29. The molecule has 1 N–H and O–H groups in total. The lowest BCUT2D eigenvalue weighted by Crippen LogP contribution is -2.27. The minimum atomic E-state index is 0. The first kappa shape index (κ1) is 21.7. The van der Waals surface area contributed by atoms with E-state index in [2.05, 4.69) is 40.0 Å². The van der Waals surface area contributed by atoms with Crippen molar-refractivity contribution in [1.29, 1.82) is 0 Å². The summed E-state index contributed by atoms with van der Waals surface area (Å²) in [6.45, 7) is 10.0. The van der Waals surface area contributed by atoms with E-state index in [1.54, 1.807) is 0 Å².